The molecule has 236 valence electrons. The van der Waals surface area contributed by atoms with Gasteiger partial charge >= 0.3 is 0 Å². The third kappa shape index (κ3) is 4.16. The van der Waals surface area contributed by atoms with Crippen LogP contribution in [0.25, 0.3) is 88.3 Å². The van der Waals surface area contributed by atoms with E-state index in [0.717, 1.165) is 11.4 Å². The Balaban J connectivity index is 1.07. The minimum Gasteiger partial charge on any atom is -0.310 e. The summed E-state index contributed by atoms with van der Waals surface area (Å²) in [5.74, 6) is 0. The van der Waals surface area contributed by atoms with Gasteiger partial charge in [-0.3, -0.25) is 0 Å². The Hall–Kier alpha value is -6.70. The molecule has 9 aromatic rings. The van der Waals surface area contributed by atoms with Crippen molar-refractivity contribution in [1.29, 1.82) is 0 Å². The molecule has 0 radical (unpaired) electrons. The van der Waals surface area contributed by atoms with E-state index >= 15 is 0 Å². The molecule has 2 aliphatic rings. The van der Waals surface area contributed by atoms with Gasteiger partial charge < -0.3 is 4.90 Å². The number of para-hydroxylation sites is 1. The molecule has 0 heterocycles. The average molecular weight is 646 g/mol. The highest BCUT2D eigenvalue weighted by atomic mass is 15.1. The SMILES string of the molecule is c1ccc(N(c2ccc(-c3ccc4c(c3)-c3c5cccc3-c3cccc-4c3-c3ccccc3-5)cc2)c2cc3ccccc3c3ccccc23)cc1. The quantitative estimate of drug-likeness (QED) is 0.172. The van der Waals surface area contributed by atoms with Gasteiger partial charge in [0.1, 0.15) is 0 Å². The number of benzene rings is 9. The predicted octanol–water partition coefficient (Wildman–Crippen LogP) is 14.1. The Morgan fingerprint density at radius 3 is 1.53 bits per heavy atom. The minimum absolute atomic E-state index is 1.12. The van der Waals surface area contributed by atoms with Gasteiger partial charge in [0.15, 0.2) is 0 Å². The van der Waals surface area contributed by atoms with Crippen molar-refractivity contribution in [2.75, 3.05) is 4.90 Å². The molecule has 1 heteroatoms. The number of hydrogen-bond donors (Lipinski definition) is 0. The summed E-state index contributed by atoms with van der Waals surface area (Å²) < 4.78 is 0. The maximum absolute atomic E-state index is 2.42. The van der Waals surface area contributed by atoms with Crippen LogP contribution in [-0.2, 0) is 0 Å². The molecule has 0 saturated carbocycles. The molecule has 51 heavy (non-hydrogen) atoms. The van der Waals surface area contributed by atoms with Gasteiger partial charge in [0.05, 0.1) is 5.69 Å². The van der Waals surface area contributed by atoms with Crippen LogP contribution in [0.5, 0.6) is 0 Å². The molecule has 11 rings (SSSR count). The lowest BCUT2D eigenvalue weighted by Gasteiger charge is -2.27. The van der Waals surface area contributed by atoms with Gasteiger partial charge in [0, 0.05) is 16.8 Å². The number of hydrogen-bond acceptors (Lipinski definition) is 1. The fraction of sp³-hybridized carbons (Fsp3) is 0. The Morgan fingerprint density at radius 1 is 0.275 bits per heavy atom. The zero-order valence-corrected chi connectivity index (χ0v) is 27.8. The molecule has 0 atom stereocenters. The standard InChI is InChI=1S/C50H31N/c1-2-13-35(14-3-1)51(48-31-34-12-4-5-15-37(34)38-16-6-8-18-41(38)48)36-27-24-32(25-28-36)33-26-29-40-44-21-11-22-45-46-23-10-20-43(50(46)47(40)30-33)39-17-7-9-19-42(39)49(44)45/h1-31H. The molecule has 0 fully saturated rings. The van der Waals surface area contributed by atoms with E-state index in [-0.39, 0.29) is 0 Å². The first-order chi connectivity index (χ1) is 25.3. The first-order valence-corrected chi connectivity index (χ1v) is 17.7. The van der Waals surface area contributed by atoms with Crippen LogP contribution in [0.1, 0.15) is 0 Å². The molecule has 9 aromatic carbocycles. The van der Waals surface area contributed by atoms with Gasteiger partial charge in [0.25, 0.3) is 0 Å². The summed E-state index contributed by atoms with van der Waals surface area (Å²) in [4.78, 5) is 2.40. The van der Waals surface area contributed by atoms with Crippen LogP contribution < -0.4 is 4.90 Å². The first-order valence-electron chi connectivity index (χ1n) is 17.7. The molecular weight excluding hydrogens is 615 g/mol. The van der Waals surface area contributed by atoms with E-state index in [4.69, 9.17) is 0 Å². The fourth-order valence-corrected chi connectivity index (χ4v) is 8.71. The van der Waals surface area contributed by atoms with Gasteiger partial charge in [0.2, 0.25) is 0 Å². The minimum atomic E-state index is 1.12. The number of anilines is 3. The van der Waals surface area contributed by atoms with Crippen LogP contribution in [-0.4, -0.2) is 0 Å². The van der Waals surface area contributed by atoms with Crippen LogP contribution in [0.4, 0.5) is 17.1 Å². The summed E-state index contributed by atoms with van der Waals surface area (Å²) in [5, 5.41) is 5.00. The van der Waals surface area contributed by atoms with Crippen LogP contribution in [0.15, 0.2) is 188 Å². The Labute approximate surface area is 297 Å². The number of fused-ring (bicyclic) bond motifs is 7. The lowest BCUT2D eigenvalue weighted by atomic mass is 9.83. The Bertz CT molecular complexity index is 2820. The van der Waals surface area contributed by atoms with E-state index in [1.807, 2.05) is 0 Å². The third-order valence-corrected chi connectivity index (χ3v) is 10.9. The number of nitrogens with zero attached hydrogens (tertiary/aromatic N) is 1. The highest BCUT2D eigenvalue weighted by Crippen LogP contribution is 2.57. The van der Waals surface area contributed by atoms with E-state index < -0.39 is 0 Å². The van der Waals surface area contributed by atoms with Gasteiger partial charge in [-0.2, -0.15) is 0 Å². The second kappa shape index (κ2) is 10.9. The number of rotatable bonds is 4. The summed E-state index contributed by atoms with van der Waals surface area (Å²) >= 11 is 0. The Kier molecular flexibility index (Phi) is 6.02. The monoisotopic (exact) mass is 645 g/mol. The summed E-state index contributed by atoms with van der Waals surface area (Å²) in [6, 6.07) is 69.3. The molecule has 0 aliphatic heterocycles. The van der Waals surface area contributed by atoms with E-state index in [1.54, 1.807) is 0 Å². The highest BCUT2D eigenvalue weighted by Gasteiger charge is 2.30. The fourth-order valence-electron chi connectivity index (χ4n) is 8.71. The third-order valence-electron chi connectivity index (χ3n) is 10.9. The van der Waals surface area contributed by atoms with E-state index in [1.165, 1.54) is 94.0 Å². The zero-order chi connectivity index (χ0) is 33.5. The van der Waals surface area contributed by atoms with Gasteiger partial charge in [-0.25, -0.2) is 0 Å². The molecule has 0 amide bonds. The van der Waals surface area contributed by atoms with Crippen molar-refractivity contribution < 1.29 is 0 Å². The van der Waals surface area contributed by atoms with Crippen LogP contribution in [0.2, 0.25) is 0 Å². The molecule has 2 aliphatic carbocycles. The van der Waals surface area contributed by atoms with Crippen molar-refractivity contribution in [3.05, 3.63) is 188 Å². The normalized spacial score (nSPS) is 11.9. The lowest BCUT2D eigenvalue weighted by molar-refractivity contribution is 1.30. The summed E-state index contributed by atoms with van der Waals surface area (Å²) in [5.41, 5.74) is 19.0. The van der Waals surface area contributed by atoms with Crippen LogP contribution in [0.3, 0.4) is 0 Å². The predicted molar refractivity (Wildman–Crippen MR) is 216 cm³/mol. The van der Waals surface area contributed by atoms with Crippen molar-refractivity contribution in [2.24, 2.45) is 0 Å². The molecule has 0 aromatic heterocycles. The second-order valence-corrected chi connectivity index (χ2v) is 13.6. The van der Waals surface area contributed by atoms with Crippen molar-refractivity contribution in [1.82, 2.24) is 0 Å². The Morgan fingerprint density at radius 2 is 0.784 bits per heavy atom. The molecule has 0 unspecified atom stereocenters. The summed E-state index contributed by atoms with van der Waals surface area (Å²) in [6.07, 6.45) is 0. The van der Waals surface area contributed by atoms with E-state index in [0.29, 0.717) is 0 Å². The van der Waals surface area contributed by atoms with E-state index in [9.17, 15) is 0 Å². The molecule has 0 saturated heterocycles. The second-order valence-electron chi connectivity index (χ2n) is 13.6. The summed E-state index contributed by atoms with van der Waals surface area (Å²) in [6.45, 7) is 0. The first kappa shape index (κ1) is 28.2. The van der Waals surface area contributed by atoms with Crippen molar-refractivity contribution >= 4 is 38.6 Å². The molecule has 1 nitrogen and oxygen atoms in total. The molecule has 0 spiro atoms. The molecular formula is C50H31N. The van der Waals surface area contributed by atoms with Crippen molar-refractivity contribution in [3.8, 4) is 66.8 Å². The highest BCUT2D eigenvalue weighted by molar-refractivity contribution is 6.16. The van der Waals surface area contributed by atoms with Crippen LogP contribution >= 0.6 is 0 Å². The maximum Gasteiger partial charge on any atom is 0.0546 e. The van der Waals surface area contributed by atoms with E-state index in [2.05, 4.69) is 193 Å². The average Bonchev–Trinajstić information content (AvgIpc) is 3.31. The van der Waals surface area contributed by atoms with Crippen LogP contribution in [0, 0.1) is 0 Å². The van der Waals surface area contributed by atoms with Gasteiger partial charge in [-0.05, 0) is 119 Å². The molecule has 0 N–H and O–H groups in total. The van der Waals surface area contributed by atoms with Gasteiger partial charge in [-0.15, -0.1) is 0 Å². The topological polar surface area (TPSA) is 3.24 Å². The van der Waals surface area contributed by atoms with Crippen molar-refractivity contribution in [2.45, 2.75) is 0 Å². The van der Waals surface area contributed by atoms with Crippen molar-refractivity contribution in [3.63, 3.8) is 0 Å². The lowest BCUT2D eigenvalue weighted by Crippen LogP contribution is -2.10. The maximum atomic E-state index is 2.42. The zero-order valence-electron chi connectivity index (χ0n) is 27.8. The summed E-state index contributed by atoms with van der Waals surface area (Å²) in [7, 11) is 0. The molecule has 6 bridgehead atoms. The largest absolute Gasteiger partial charge is 0.310 e. The van der Waals surface area contributed by atoms with Gasteiger partial charge in [-0.1, -0.05) is 152 Å². The smallest absolute Gasteiger partial charge is 0.0546 e.